The first-order valence-electron chi connectivity index (χ1n) is 7.59. The van der Waals surface area contributed by atoms with Gasteiger partial charge in [-0.25, -0.2) is 0 Å². The summed E-state index contributed by atoms with van der Waals surface area (Å²) in [6.45, 7) is 10.8. The summed E-state index contributed by atoms with van der Waals surface area (Å²) in [5.41, 5.74) is 4.06. The monoisotopic (exact) mass is 299 g/mol. The number of hydrogen-bond donors (Lipinski definition) is 1. The Kier molecular flexibility index (Phi) is 5.89. The van der Waals surface area contributed by atoms with Crippen LogP contribution in [0.25, 0.3) is 0 Å². The van der Waals surface area contributed by atoms with E-state index in [1.807, 2.05) is 11.8 Å². The third-order valence-electron chi connectivity index (χ3n) is 3.52. The third-order valence-corrected chi connectivity index (χ3v) is 4.52. The maximum Gasteiger partial charge on any atom is 0.0205 e. The third kappa shape index (κ3) is 5.22. The molecule has 2 heteroatoms. The molecule has 0 aliphatic carbocycles. The van der Waals surface area contributed by atoms with Crippen molar-refractivity contribution in [3.05, 3.63) is 59.2 Å². The topological polar surface area (TPSA) is 12.0 Å². The van der Waals surface area contributed by atoms with Gasteiger partial charge in [0.2, 0.25) is 0 Å². The molecular weight excluding hydrogens is 274 g/mol. The zero-order chi connectivity index (χ0) is 15.2. The molecule has 1 nitrogen and oxygen atoms in total. The summed E-state index contributed by atoms with van der Waals surface area (Å²) >= 11 is 1.83. The van der Waals surface area contributed by atoms with Crippen LogP contribution in [0.2, 0.25) is 0 Å². The summed E-state index contributed by atoms with van der Waals surface area (Å²) in [4.78, 5) is 2.61. The average molecular weight is 299 g/mol. The second-order valence-corrected chi connectivity index (χ2v) is 7.16. The van der Waals surface area contributed by atoms with Crippen LogP contribution in [0.3, 0.4) is 0 Å². The van der Waals surface area contributed by atoms with Crippen LogP contribution in [-0.4, -0.2) is 6.54 Å². The molecule has 1 N–H and O–H groups in total. The molecule has 2 aromatic rings. The van der Waals surface area contributed by atoms with Crippen molar-refractivity contribution in [2.45, 2.75) is 44.0 Å². The standard InChI is InChI=1S/C19H25NS/c1-14(2)12-20-13-17-6-9-18(10-7-17)21-19-8-5-15(3)16(4)11-19/h5-11,14,20H,12-13H2,1-4H3. The minimum Gasteiger partial charge on any atom is -0.312 e. The predicted molar refractivity (Wildman–Crippen MR) is 93.0 cm³/mol. The molecule has 0 radical (unpaired) electrons. The first kappa shape index (κ1) is 16.1. The van der Waals surface area contributed by atoms with E-state index in [0.717, 1.165) is 13.1 Å². The van der Waals surface area contributed by atoms with Crippen LogP contribution >= 0.6 is 11.8 Å². The number of benzene rings is 2. The molecule has 0 aromatic heterocycles. The summed E-state index contributed by atoms with van der Waals surface area (Å²) < 4.78 is 0. The molecule has 112 valence electrons. The first-order valence-corrected chi connectivity index (χ1v) is 8.41. The van der Waals surface area contributed by atoms with Gasteiger partial charge in [0, 0.05) is 16.3 Å². The van der Waals surface area contributed by atoms with Crippen molar-refractivity contribution in [1.29, 1.82) is 0 Å². The molecule has 0 saturated heterocycles. The van der Waals surface area contributed by atoms with Crippen molar-refractivity contribution < 1.29 is 0 Å². The van der Waals surface area contributed by atoms with Crippen LogP contribution < -0.4 is 5.32 Å². The average Bonchev–Trinajstić information content (AvgIpc) is 2.44. The highest BCUT2D eigenvalue weighted by molar-refractivity contribution is 7.99. The van der Waals surface area contributed by atoms with Gasteiger partial charge in [0.25, 0.3) is 0 Å². The Morgan fingerprint density at radius 3 is 2.19 bits per heavy atom. The van der Waals surface area contributed by atoms with Crippen LogP contribution in [0.4, 0.5) is 0 Å². The fourth-order valence-corrected chi connectivity index (χ4v) is 3.01. The second kappa shape index (κ2) is 7.67. The van der Waals surface area contributed by atoms with Crippen molar-refractivity contribution in [2.75, 3.05) is 6.54 Å². The van der Waals surface area contributed by atoms with E-state index in [9.17, 15) is 0 Å². The number of hydrogen-bond acceptors (Lipinski definition) is 2. The molecule has 0 spiro atoms. The maximum absolute atomic E-state index is 3.48. The second-order valence-electron chi connectivity index (χ2n) is 6.02. The van der Waals surface area contributed by atoms with E-state index in [1.54, 1.807) is 0 Å². The van der Waals surface area contributed by atoms with Crippen LogP contribution in [0, 0.1) is 19.8 Å². The van der Waals surface area contributed by atoms with Crippen LogP contribution in [0.15, 0.2) is 52.3 Å². The zero-order valence-electron chi connectivity index (χ0n) is 13.4. The molecule has 0 atom stereocenters. The first-order chi connectivity index (χ1) is 10.0. The quantitative estimate of drug-likeness (QED) is 0.786. The molecule has 0 bridgehead atoms. The Morgan fingerprint density at radius 1 is 0.905 bits per heavy atom. The number of aryl methyl sites for hydroxylation is 2. The molecule has 2 rings (SSSR count). The predicted octanol–water partition coefficient (Wildman–Crippen LogP) is 5.20. The van der Waals surface area contributed by atoms with Gasteiger partial charge in [-0.2, -0.15) is 0 Å². The van der Waals surface area contributed by atoms with Crippen molar-refractivity contribution >= 4 is 11.8 Å². The van der Waals surface area contributed by atoms with E-state index in [-0.39, 0.29) is 0 Å². The van der Waals surface area contributed by atoms with Gasteiger partial charge >= 0.3 is 0 Å². The normalized spacial score (nSPS) is 11.1. The summed E-state index contributed by atoms with van der Waals surface area (Å²) in [6, 6.07) is 15.5. The Labute approximate surface area is 133 Å². The lowest BCUT2D eigenvalue weighted by Gasteiger charge is -2.08. The Hall–Kier alpha value is -1.25. The van der Waals surface area contributed by atoms with E-state index in [4.69, 9.17) is 0 Å². The van der Waals surface area contributed by atoms with Crippen LogP contribution in [0.5, 0.6) is 0 Å². The lowest BCUT2D eigenvalue weighted by molar-refractivity contribution is 0.552. The van der Waals surface area contributed by atoms with Gasteiger partial charge in [-0.05, 0) is 67.3 Å². The highest BCUT2D eigenvalue weighted by Crippen LogP contribution is 2.29. The minimum absolute atomic E-state index is 0.699. The highest BCUT2D eigenvalue weighted by atomic mass is 32.2. The largest absolute Gasteiger partial charge is 0.312 e. The van der Waals surface area contributed by atoms with E-state index >= 15 is 0 Å². The van der Waals surface area contributed by atoms with Crippen molar-refractivity contribution in [2.24, 2.45) is 5.92 Å². The Morgan fingerprint density at radius 2 is 1.57 bits per heavy atom. The fraction of sp³-hybridized carbons (Fsp3) is 0.368. The van der Waals surface area contributed by atoms with Crippen LogP contribution in [0.1, 0.15) is 30.5 Å². The maximum atomic E-state index is 3.48. The summed E-state index contributed by atoms with van der Waals surface area (Å²) in [5.74, 6) is 0.699. The zero-order valence-corrected chi connectivity index (χ0v) is 14.3. The molecule has 0 amide bonds. The van der Waals surface area contributed by atoms with Crippen molar-refractivity contribution in [3.8, 4) is 0 Å². The number of rotatable bonds is 6. The van der Waals surface area contributed by atoms with Gasteiger partial charge in [-0.3, -0.25) is 0 Å². The van der Waals surface area contributed by atoms with E-state index in [2.05, 4.69) is 75.5 Å². The van der Waals surface area contributed by atoms with E-state index in [1.165, 1.54) is 26.5 Å². The van der Waals surface area contributed by atoms with Gasteiger partial charge in [0.15, 0.2) is 0 Å². The highest BCUT2D eigenvalue weighted by Gasteiger charge is 2.01. The van der Waals surface area contributed by atoms with Crippen LogP contribution in [-0.2, 0) is 6.54 Å². The lowest BCUT2D eigenvalue weighted by Crippen LogP contribution is -2.18. The smallest absolute Gasteiger partial charge is 0.0205 e. The molecule has 0 heterocycles. The van der Waals surface area contributed by atoms with Gasteiger partial charge in [-0.1, -0.05) is 43.8 Å². The summed E-state index contributed by atoms with van der Waals surface area (Å²) in [7, 11) is 0. The molecule has 21 heavy (non-hydrogen) atoms. The Bertz CT molecular complexity index is 573. The van der Waals surface area contributed by atoms with Gasteiger partial charge < -0.3 is 5.32 Å². The van der Waals surface area contributed by atoms with Crippen molar-refractivity contribution in [1.82, 2.24) is 5.32 Å². The lowest BCUT2D eigenvalue weighted by atomic mass is 10.1. The van der Waals surface area contributed by atoms with Gasteiger partial charge in [0.1, 0.15) is 0 Å². The molecule has 0 saturated carbocycles. The SMILES string of the molecule is Cc1ccc(Sc2ccc(CNCC(C)C)cc2)cc1C. The molecule has 2 aromatic carbocycles. The van der Waals surface area contributed by atoms with E-state index in [0.29, 0.717) is 5.92 Å². The molecule has 0 unspecified atom stereocenters. The van der Waals surface area contributed by atoms with Gasteiger partial charge in [0.05, 0.1) is 0 Å². The molecule has 0 aliphatic heterocycles. The molecule has 0 fully saturated rings. The fourth-order valence-electron chi connectivity index (χ4n) is 2.09. The molecule has 0 aliphatic rings. The Balaban J connectivity index is 1.94. The minimum atomic E-state index is 0.699. The van der Waals surface area contributed by atoms with Gasteiger partial charge in [-0.15, -0.1) is 0 Å². The molecular formula is C19H25NS. The summed E-state index contributed by atoms with van der Waals surface area (Å²) in [6.07, 6.45) is 0. The number of nitrogens with one attached hydrogen (secondary N) is 1. The van der Waals surface area contributed by atoms with Crippen molar-refractivity contribution in [3.63, 3.8) is 0 Å². The van der Waals surface area contributed by atoms with E-state index < -0.39 is 0 Å². The summed E-state index contributed by atoms with van der Waals surface area (Å²) in [5, 5.41) is 3.48.